The van der Waals surface area contributed by atoms with Crippen LogP contribution in [-0.4, -0.2) is 32.3 Å². The molecule has 0 radical (unpaired) electrons. The maximum atomic E-state index is 5.76. The normalized spacial score (nSPS) is 18.8. The Balaban J connectivity index is 2.17. The fourth-order valence-electron chi connectivity index (χ4n) is 2.63. The second-order valence-electron chi connectivity index (χ2n) is 4.99. The van der Waals surface area contributed by atoms with Crippen molar-refractivity contribution in [3.05, 3.63) is 28.2 Å². The first-order valence-corrected chi connectivity index (χ1v) is 7.89. The molecule has 1 aliphatic heterocycles. The number of ether oxygens (including phenoxy) is 1. The maximum Gasteiger partial charge on any atom is 0.0750 e. The molecule has 2 N–H and O–H groups in total. The van der Waals surface area contributed by atoms with E-state index in [4.69, 9.17) is 10.5 Å². The molecule has 1 aromatic carbocycles. The van der Waals surface area contributed by atoms with Gasteiger partial charge in [-0.3, -0.25) is 0 Å². The zero-order valence-corrected chi connectivity index (χ0v) is 13.2. The van der Waals surface area contributed by atoms with E-state index in [1.807, 2.05) is 0 Å². The smallest absolute Gasteiger partial charge is 0.0750 e. The summed E-state index contributed by atoms with van der Waals surface area (Å²) in [6.07, 6.45) is 3.67. The molecule has 0 aromatic heterocycles. The standard InChI is InChI=1S/C15H23BrN2O/c1-2-18(11-14-4-3-9-19-14)15-10-13(16)6-5-12(15)7-8-17/h5-6,10,14H,2-4,7-9,11,17H2,1H3. The molecule has 3 nitrogen and oxygen atoms in total. The molecular weight excluding hydrogens is 304 g/mol. The average Bonchev–Trinajstić information content (AvgIpc) is 2.91. The molecule has 2 rings (SSSR count). The number of hydrogen-bond donors (Lipinski definition) is 1. The largest absolute Gasteiger partial charge is 0.376 e. The summed E-state index contributed by atoms with van der Waals surface area (Å²) in [5.74, 6) is 0. The third-order valence-electron chi connectivity index (χ3n) is 3.63. The molecule has 106 valence electrons. The van der Waals surface area contributed by atoms with Crippen molar-refractivity contribution in [1.82, 2.24) is 0 Å². The van der Waals surface area contributed by atoms with Crippen LogP contribution in [0.25, 0.3) is 0 Å². The molecule has 1 fully saturated rings. The molecule has 0 amide bonds. The Kier molecular flexibility index (Phi) is 5.67. The number of rotatable bonds is 6. The number of halogens is 1. The highest BCUT2D eigenvalue weighted by Gasteiger charge is 2.20. The predicted octanol–water partition coefficient (Wildman–Crippen LogP) is 2.96. The molecule has 1 unspecified atom stereocenters. The van der Waals surface area contributed by atoms with Gasteiger partial charge in [-0.25, -0.2) is 0 Å². The van der Waals surface area contributed by atoms with E-state index in [0.717, 1.165) is 30.6 Å². The number of anilines is 1. The van der Waals surface area contributed by atoms with Gasteiger partial charge in [0.25, 0.3) is 0 Å². The molecular formula is C15H23BrN2O. The summed E-state index contributed by atoms with van der Waals surface area (Å²) >= 11 is 3.57. The lowest BCUT2D eigenvalue weighted by atomic mass is 10.1. The minimum absolute atomic E-state index is 0.379. The number of likely N-dealkylation sites (N-methyl/N-ethyl adjacent to an activating group) is 1. The highest BCUT2D eigenvalue weighted by Crippen LogP contribution is 2.27. The van der Waals surface area contributed by atoms with Gasteiger partial charge in [-0.2, -0.15) is 0 Å². The molecule has 1 aromatic rings. The second-order valence-corrected chi connectivity index (χ2v) is 5.90. The van der Waals surface area contributed by atoms with E-state index in [0.29, 0.717) is 12.6 Å². The first-order chi connectivity index (χ1) is 9.24. The van der Waals surface area contributed by atoms with Crippen LogP contribution in [0.1, 0.15) is 25.3 Å². The Morgan fingerprint density at radius 3 is 2.95 bits per heavy atom. The summed E-state index contributed by atoms with van der Waals surface area (Å²) in [6.45, 7) is 5.77. The Morgan fingerprint density at radius 1 is 1.47 bits per heavy atom. The van der Waals surface area contributed by atoms with E-state index in [1.165, 1.54) is 24.1 Å². The fourth-order valence-corrected chi connectivity index (χ4v) is 2.98. The van der Waals surface area contributed by atoms with Crippen molar-refractivity contribution in [1.29, 1.82) is 0 Å². The van der Waals surface area contributed by atoms with Gasteiger partial charge in [0.2, 0.25) is 0 Å². The zero-order chi connectivity index (χ0) is 13.7. The van der Waals surface area contributed by atoms with E-state index in [9.17, 15) is 0 Å². The Bertz CT molecular complexity index is 405. The Morgan fingerprint density at radius 2 is 2.32 bits per heavy atom. The van der Waals surface area contributed by atoms with Gasteiger partial charge in [-0.1, -0.05) is 22.0 Å². The summed E-state index contributed by atoms with van der Waals surface area (Å²) in [5.41, 5.74) is 8.33. The number of hydrogen-bond acceptors (Lipinski definition) is 3. The summed E-state index contributed by atoms with van der Waals surface area (Å²) in [5, 5.41) is 0. The second kappa shape index (κ2) is 7.27. The minimum atomic E-state index is 0.379. The van der Waals surface area contributed by atoms with Gasteiger partial charge in [0.15, 0.2) is 0 Å². The van der Waals surface area contributed by atoms with E-state index in [1.54, 1.807) is 0 Å². The third kappa shape index (κ3) is 3.94. The Labute approximate surface area is 124 Å². The van der Waals surface area contributed by atoms with E-state index < -0.39 is 0 Å². The van der Waals surface area contributed by atoms with Gasteiger partial charge in [0.05, 0.1) is 6.10 Å². The first-order valence-electron chi connectivity index (χ1n) is 7.09. The van der Waals surface area contributed by atoms with Crippen molar-refractivity contribution < 1.29 is 4.74 Å². The van der Waals surface area contributed by atoms with Crippen molar-refractivity contribution >= 4 is 21.6 Å². The summed E-state index contributed by atoms with van der Waals surface area (Å²) in [7, 11) is 0. The van der Waals surface area contributed by atoms with Crippen LogP contribution in [0.2, 0.25) is 0 Å². The number of benzene rings is 1. The fraction of sp³-hybridized carbons (Fsp3) is 0.600. The van der Waals surface area contributed by atoms with Crippen molar-refractivity contribution in [2.75, 3.05) is 31.1 Å². The van der Waals surface area contributed by atoms with Crippen LogP contribution in [0.15, 0.2) is 22.7 Å². The molecule has 0 saturated carbocycles. The zero-order valence-electron chi connectivity index (χ0n) is 11.6. The van der Waals surface area contributed by atoms with Gasteiger partial charge in [-0.15, -0.1) is 0 Å². The van der Waals surface area contributed by atoms with Crippen molar-refractivity contribution in [2.45, 2.75) is 32.3 Å². The van der Waals surface area contributed by atoms with Crippen LogP contribution in [0.4, 0.5) is 5.69 Å². The van der Waals surface area contributed by atoms with Crippen molar-refractivity contribution in [3.8, 4) is 0 Å². The quantitative estimate of drug-likeness (QED) is 0.873. The lowest BCUT2D eigenvalue weighted by molar-refractivity contribution is 0.115. The lowest BCUT2D eigenvalue weighted by Crippen LogP contribution is -2.32. The van der Waals surface area contributed by atoms with Gasteiger partial charge in [0, 0.05) is 29.9 Å². The van der Waals surface area contributed by atoms with Crippen LogP contribution >= 0.6 is 15.9 Å². The summed E-state index contributed by atoms with van der Waals surface area (Å²) in [4.78, 5) is 2.41. The predicted molar refractivity (Wildman–Crippen MR) is 83.8 cm³/mol. The molecule has 1 heterocycles. The van der Waals surface area contributed by atoms with Crippen LogP contribution in [0.5, 0.6) is 0 Å². The number of nitrogens with two attached hydrogens (primary N) is 1. The van der Waals surface area contributed by atoms with Crippen molar-refractivity contribution in [2.24, 2.45) is 5.73 Å². The van der Waals surface area contributed by atoms with Gasteiger partial charge in [0.1, 0.15) is 0 Å². The van der Waals surface area contributed by atoms with Gasteiger partial charge >= 0.3 is 0 Å². The highest BCUT2D eigenvalue weighted by molar-refractivity contribution is 9.10. The summed E-state index contributed by atoms with van der Waals surface area (Å²) < 4.78 is 6.88. The van der Waals surface area contributed by atoms with Crippen LogP contribution in [0, 0.1) is 0 Å². The minimum Gasteiger partial charge on any atom is -0.376 e. The molecule has 0 bridgehead atoms. The SMILES string of the molecule is CCN(CC1CCCO1)c1cc(Br)ccc1CCN. The van der Waals surface area contributed by atoms with E-state index >= 15 is 0 Å². The summed E-state index contributed by atoms with van der Waals surface area (Å²) in [6, 6.07) is 6.46. The van der Waals surface area contributed by atoms with Crippen LogP contribution < -0.4 is 10.6 Å². The first kappa shape index (κ1) is 14.8. The molecule has 1 saturated heterocycles. The van der Waals surface area contributed by atoms with Crippen molar-refractivity contribution in [3.63, 3.8) is 0 Å². The average molecular weight is 327 g/mol. The molecule has 19 heavy (non-hydrogen) atoms. The maximum absolute atomic E-state index is 5.76. The highest BCUT2D eigenvalue weighted by atomic mass is 79.9. The van der Waals surface area contributed by atoms with E-state index in [-0.39, 0.29) is 0 Å². The van der Waals surface area contributed by atoms with Crippen LogP contribution in [-0.2, 0) is 11.2 Å². The molecule has 1 aliphatic rings. The van der Waals surface area contributed by atoms with Crippen LogP contribution in [0.3, 0.4) is 0 Å². The number of nitrogens with zero attached hydrogens (tertiary/aromatic N) is 1. The molecule has 0 aliphatic carbocycles. The van der Waals surface area contributed by atoms with E-state index in [2.05, 4.69) is 46.0 Å². The van der Waals surface area contributed by atoms with Gasteiger partial charge < -0.3 is 15.4 Å². The monoisotopic (exact) mass is 326 g/mol. The van der Waals surface area contributed by atoms with Gasteiger partial charge in [-0.05, 0) is 50.4 Å². The lowest BCUT2D eigenvalue weighted by Gasteiger charge is -2.28. The molecule has 4 heteroatoms. The topological polar surface area (TPSA) is 38.5 Å². The molecule has 1 atom stereocenters. The molecule has 0 spiro atoms. The third-order valence-corrected chi connectivity index (χ3v) is 4.12. The Hall–Kier alpha value is -0.580.